The van der Waals surface area contributed by atoms with Crippen molar-refractivity contribution in [2.24, 2.45) is 0 Å². The number of aromatic nitrogens is 1. The van der Waals surface area contributed by atoms with E-state index in [1.165, 1.54) is 5.69 Å². The molecule has 0 aliphatic rings. The molecule has 0 saturated carbocycles. The van der Waals surface area contributed by atoms with Gasteiger partial charge in [-0.1, -0.05) is 6.92 Å². The maximum absolute atomic E-state index is 11.0. The smallest absolute Gasteiger partial charge is 0.0360 e. The van der Waals surface area contributed by atoms with Crippen LogP contribution in [0.5, 0.6) is 0 Å². The van der Waals surface area contributed by atoms with Crippen LogP contribution in [0.4, 0.5) is 0 Å². The lowest BCUT2D eigenvalue weighted by atomic mass is 10.4. The zero-order valence-electron chi connectivity index (χ0n) is 7.88. The average molecular weight is 200 g/mol. The Morgan fingerprint density at radius 3 is 3.08 bits per heavy atom. The van der Waals surface area contributed by atoms with Crippen LogP contribution in [-0.4, -0.2) is 27.2 Å². The summed E-state index contributed by atoms with van der Waals surface area (Å²) in [6.07, 6.45) is 1.90. The van der Waals surface area contributed by atoms with E-state index in [1.54, 1.807) is 0 Å². The van der Waals surface area contributed by atoms with E-state index in [9.17, 15) is 4.21 Å². The summed E-state index contributed by atoms with van der Waals surface area (Å²) in [5, 5.41) is 3.23. The monoisotopic (exact) mass is 200 g/mol. The van der Waals surface area contributed by atoms with Crippen molar-refractivity contribution in [2.45, 2.75) is 13.5 Å². The third-order valence-electron chi connectivity index (χ3n) is 1.81. The fourth-order valence-electron chi connectivity index (χ4n) is 1.03. The van der Waals surface area contributed by atoms with Gasteiger partial charge in [0.15, 0.2) is 0 Å². The van der Waals surface area contributed by atoms with Crippen LogP contribution in [0, 0.1) is 0 Å². The third-order valence-corrected chi connectivity index (χ3v) is 3.11. The topological polar surface area (TPSA) is 44.9 Å². The maximum atomic E-state index is 11.0. The van der Waals surface area contributed by atoms with Crippen molar-refractivity contribution in [1.82, 2.24) is 10.3 Å². The van der Waals surface area contributed by atoms with Crippen molar-refractivity contribution >= 4 is 10.8 Å². The molecule has 0 aromatic carbocycles. The van der Waals surface area contributed by atoms with E-state index in [2.05, 4.69) is 10.3 Å². The van der Waals surface area contributed by atoms with Crippen LogP contribution in [0.15, 0.2) is 18.3 Å². The summed E-state index contributed by atoms with van der Waals surface area (Å²) < 4.78 is 11.0. The maximum Gasteiger partial charge on any atom is 0.0360 e. The van der Waals surface area contributed by atoms with Crippen LogP contribution >= 0.6 is 0 Å². The zero-order chi connectivity index (χ0) is 9.52. The van der Waals surface area contributed by atoms with Crippen molar-refractivity contribution in [3.05, 3.63) is 24.0 Å². The second kappa shape index (κ2) is 5.94. The third kappa shape index (κ3) is 4.24. The predicted molar refractivity (Wildman–Crippen MR) is 56.0 cm³/mol. The van der Waals surface area contributed by atoms with E-state index in [4.69, 9.17) is 0 Å². The van der Waals surface area contributed by atoms with E-state index in [0.717, 1.165) is 24.6 Å². The minimum atomic E-state index is -0.648. The molecule has 1 rings (SSSR count). The molecule has 0 aliphatic heterocycles. The molecule has 74 valence electrons. The summed E-state index contributed by atoms with van der Waals surface area (Å²) in [6.45, 7) is 3.59. The molecule has 0 radical (unpaired) electrons. The summed E-state index contributed by atoms with van der Waals surface area (Å²) in [5.41, 5.74) is 1.17. The second-order valence-corrected chi connectivity index (χ2v) is 4.67. The molecular formula is C9H16N2OS. The van der Waals surface area contributed by atoms with Crippen LogP contribution in [0.1, 0.15) is 12.6 Å². The molecule has 0 saturated heterocycles. The van der Waals surface area contributed by atoms with Crippen LogP contribution < -0.4 is 5.32 Å². The van der Waals surface area contributed by atoms with Crippen LogP contribution in [-0.2, 0) is 17.3 Å². The molecule has 0 bridgehead atoms. The molecule has 3 nitrogen and oxygen atoms in total. The van der Waals surface area contributed by atoms with E-state index in [1.807, 2.05) is 25.3 Å². The Balaban J connectivity index is 2.05. The molecule has 1 unspecified atom stereocenters. The Kier molecular flexibility index (Phi) is 4.78. The first-order chi connectivity index (χ1) is 6.33. The second-order valence-electron chi connectivity index (χ2n) is 2.80. The number of hydrogen-bond acceptors (Lipinski definition) is 2. The van der Waals surface area contributed by atoms with Gasteiger partial charge in [0.2, 0.25) is 0 Å². The fraction of sp³-hybridized carbons (Fsp3) is 0.556. The quantitative estimate of drug-likeness (QED) is 0.669. The molecule has 0 spiro atoms. The van der Waals surface area contributed by atoms with Gasteiger partial charge >= 0.3 is 0 Å². The van der Waals surface area contributed by atoms with E-state index < -0.39 is 10.8 Å². The molecule has 1 heterocycles. The summed E-state index contributed by atoms with van der Waals surface area (Å²) in [6, 6.07) is 4.00. The first-order valence-electron chi connectivity index (χ1n) is 4.51. The molecule has 1 atom stereocenters. The van der Waals surface area contributed by atoms with Crippen LogP contribution in [0.3, 0.4) is 0 Å². The van der Waals surface area contributed by atoms with Gasteiger partial charge in [-0.05, 0) is 12.1 Å². The van der Waals surface area contributed by atoms with Gasteiger partial charge in [-0.3, -0.25) is 4.21 Å². The van der Waals surface area contributed by atoms with E-state index >= 15 is 0 Å². The summed E-state index contributed by atoms with van der Waals surface area (Å²) in [7, 11) is -0.648. The van der Waals surface area contributed by atoms with Crippen molar-refractivity contribution < 1.29 is 4.21 Å². The number of nitrogens with one attached hydrogen (secondary N) is 2. The van der Waals surface area contributed by atoms with Crippen molar-refractivity contribution in [2.75, 3.05) is 18.1 Å². The van der Waals surface area contributed by atoms with Gasteiger partial charge in [-0.25, -0.2) is 0 Å². The Bertz CT molecular complexity index is 246. The van der Waals surface area contributed by atoms with Crippen molar-refractivity contribution in [3.8, 4) is 0 Å². The number of hydrogen-bond donors (Lipinski definition) is 2. The van der Waals surface area contributed by atoms with Gasteiger partial charge in [0.05, 0.1) is 0 Å². The first kappa shape index (κ1) is 10.5. The molecule has 2 N–H and O–H groups in total. The Labute approximate surface area is 81.4 Å². The summed E-state index contributed by atoms with van der Waals surface area (Å²) in [4.78, 5) is 3.10. The number of H-pyrrole nitrogens is 1. The lowest BCUT2D eigenvalue weighted by Crippen LogP contribution is -2.20. The number of aromatic amines is 1. The zero-order valence-corrected chi connectivity index (χ0v) is 8.69. The molecule has 13 heavy (non-hydrogen) atoms. The molecule has 4 heteroatoms. The molecule has 0 fully saturated rings. The minimum absolute atomic E-state index is 0.648. The molecule has 1 aromatic rings. The standard InChI is InChI=1S/C9H16N2OS/c1-2-13(12)7-6-10-8-9-4-3-5-11-9/h3-5,10-11H,2,6-8H2,1H3. The summed E-state index contributed by atoms with van der Waals surface area (Å²) in [5.74, 6) is 1.50. The first-order valence-corrected chi connectivity index (χ1v) is 5.99. The highest BCUT2D eigenvalue weighted by Gasteiger charge is 1.95. The largest absolute Gasteiger partial charge is 0.364 e. The lowest BCUT2D eigenvalue weighted by molar-refractivity contribution is 0.672. The van der Waals surface area contributed by atoms with Crippen LogP contribution in [0.25, 0.3) is 0 Å². The van der Waals surface area contributed by atoms with Gasteiger partial charge in [-0.15, -0.1) is 0 Å². The van der Waals surface area contributed by atoms with E-state index in [-0.39, 0.29) is 0 Å². The Hall–Kier alpha value is -0.610. The molecular weight excluding hydrogens is 184 g/mol. The lowest BCUT2D eigenvalue weighted by Gasteiger charge is -2.01. The van der Waals surface area contributed by atoms with Crippen molar-refractivity contribution in [1.29, 1.82) is 0 Å². The SMILES string of the molecule is CCS(=O)CCNCc1ccc[nH]1. The molecule has 1 aromatic heterocycles. The highest BCUT2D eigenvalue weighted by Crippen LogP contribution is 1.92. The van der Waals surface area contributed by atoms with Gasteiger partial charge < -0.3 is 10.3 Å². The highest BCUT2D eigenvalue weighted by atomic mass is 32.2. The normalized spacial score (nSPS) is 13.0. The number of rotatable bonds is 6. The van der Waals surface area contributed by atoms with Crippen LogP contribution in [0.2, 0.25) is 0 Å². The van der Waals surface area contributed by atoms with Crippen molar-refractivity contribution in [3.63, 3.8) is 0 Å². The molecule has 0 aliphatic carbocycles. The average Bonchev–Trinajstić information content (AvgIpc) is 2.64. The van der Waals surface area contributed by atoms with Gasteiger partial charge in [-0.2, -0.15) is 0 Å². The summed E-state index contributed by atoms with van der Waals surface area (Å²) >= 11 is 0. The van der Waals surface area contributed by atoms with Gasteiger partial charge in [0, 0.05) is 47.3 Å². The fourth-order valence-corrected chi connectivity index (χ4v) is 1.69. The molecule has 0 amide bonds. The van der Waals surface area contributed by atoms with Gasteiger partial charge in [0.1, 0.15) is 0 Å². The Morgan fingerprint density at radius 1 is 1.62 bits per heavy atom. The highest BCUT2D eigenvalue weighted by molar-refractivity contribution is 7.84. The predicted octanol–water partition coefficient (Wildman–Crippen LogP) is 0.873. The van der Waals surface area contributed by atoms with Gasteiger partial charge in [0.25, 0.3) is 0 Å². The minimum Gasteiger partial charge on any atom is -0.364 e. The Morgan fingerprint density at radius 2 is 2.46 bits per heavy atom. The van der Waals surface area contributed by atoms with E-state index in [0.29, 0.717) is 0 Å².